The minimum Gasteiger partial charge on any atom is -0.504 e. The summed E-state index contributed by atoms with van der Waals surface area (Å²) in [6.07, 6.45) is 10.9. The van der Waals surface area contributed by atoms with Crippen molar-refractivity contribution in [1.82, 2.24) is 0 Å². The summed E-state index contributed by atoms with van der Waals surface area (Å²) < 4.78 is 20.0. The van der Waals surface area contributed by atoms with Crippen molar-refractivity contribution in [2.75, 3.05) is 13.7 Å². The second-order valence-corrected chi connectivity index (χ2v) is 14.2. The fraction of sp³-hybridized carbons (Fsp3) is 0.636. The summed E-state index contributed by atoms with van der Waals surface area (Å²) in [7, 11) is 1.88. The fourth-order valence-electron chi connectivity index (χ4n) is 10.7. The third-order valence-electron chi connectivity index (χ3n) is 12.3. The number of fused-ring (bicyclic) bond motifs is 2. The number of benzene rings is 2. The van der Waals surface area contributed by atoms with Gasteiger partial charge >= 0.3 is 0 Å². The van der Waals surface area contributed by atoms with Gasteiger partial charge in [0, 0.05) is 29.0 Å². The van der Waals surface area contributed by atoms with E-state index >= 15 is 0 Å². The van der Waals surface area contributed by atoms with Gasteiger partial charge in [-0.3, -0.25) is 0 Å². The number of hydrogen-bond acceptors (Lipinski definition) is 4. The standard InChI is InChI=1S/C33H39ClO4/c1-30(16-20-7-8-20)11-13-32-27-21-9-10-25(35)28(27)38-29(32)33(36-2)14-12-31(32,26(30)15-21)17-23(33)19-37-18-22-5-3-4-6-24(22)34/h3-6,9-10,20,23,26,29,35H,7-8,11-19H2,1-2H3/t23-,26+,29-,30?,31-,32+,33-/m1/s1. The molecule has 2 spiro atoms. The van der Waals surface area contributed by atoms with Gasteiger partial charge in [-0.15, -0.1) is 0 Å². The molecule has 1 aliphatic heterocycles. The van der Waals surface area contributed by atoms with Crippen molar-refractivity contribution in [2.24, 2.45) is 28.6 Å². The molecule has 1 N–H and O–H groups in total. The Morgan fingerprint density at radius 1 is 1.08 bits per heavy atom. The molecule has 1 unspecified atom stereocenters. The monoisotopic (exact) mass is 534 g/mol. The molecule has 0 radical (unpaired) electrons. The molecule has 7 aliphatic rings. The van der Waals surface area contributed by atoms with E-state index in [1.165, 1.54) is 43.2 Å². The molecule has 4 bridgehead atoms. The first-order valence-corrected chi connectivity index (χ1v) is 15.1. The summed E-state index contributed by atoms with van der Waals surface area (Å²) in [6, 6.07) is 12.0. The summed E-state index contributed by atoms with van der Waals surface area (Å²) in [5.41, 5.74) is 3.80. The van der Waals surface area contributed by atoms with Crippen LogP contribution in [-0.2, 0) is 27.9 Å². The molecule has 202 valence electrons. The Balaban J connectivity index is 1.23. The van der Waals surface area contributed by atoms with E-state index in [4.69, 9.17) is 25.8 Å². The maximum absolute atomic E-state index is 11.0. The first kappa shape index (κ1) is 24.1. The summed E-state index contributed by atoms with van der Waals surface area (Å²) in [4.78, 5) is 0. The van der Waals surface area contributed by atoms with Gasteiger partial charge in [0.25, 0.3) is 0 Å². The summed E-state index contributed by atoms with van der Waals surface area (Å²) in [6.45, 7) is 3.76. The molecule has 2 aromatic rings. The van der Waals surface area contributed by atoms with E-state index in [1.807, 2.05) is 37.4 Å². The molecule has 9 rings (SSSR count). The minimum absolute atomic E-state index is 0.0735. The number of phenols is 1. The van der Waals surface area contributed by atoms with Crippen LogP contribution in [0.5, 0.6) is 11.5 Å². The molecule has 4 nitrogen and oxygen atoms in total. The van der Waals surface area contributed by atoms with E-state index in [1.54, 1.807) is 0 Å². The number of phenolic OH excluding ortho intramolecular Hbond substituents is 1. The number of halogens is 1. The van der Waals surface area contributed by atoms with Crippen molar-refractivity contribution in [3.05, 3.63) is 58.1 Å². The molecule has 1 heterocycles. The molecule has 2 aromatic carbocycles. The summed E-state index contributed by atoms with van der Waals surface area (Å²) in [5, 5.41) is 11.8. The number of ether oxygens (including phenoxy) is 3. The molecule has 38 heavy (non-hydrogen) atoms. The van der Waals surface area contributed by atoms with Crippen molar-refractivity contribution >= 4 is 11.6 Å². The topological polar surface area (TPSA) is 47.9 Å². The van der Waals surface area contributed by atoms with Crippen LogP contribution in [0.4, 0.5) is 0 Å². The predicted molar refractivity (Wildman–Crippen MR) is 147 cm³/mol. The first-order chi connectivity index (χ1) is 18.4. The molecule has 0 amide bonds. The van der Waals surface area contributed by atoms with E-state index in [2.05, 4.69) is 13.0 Å². The van der Waals surface area contributed by atoms with Crippen molar-refractivity contribution in [2.45, 2.75) is 88.4 Å². The molecular formula is C33H39ClO4. The number of hydrogen-bond donors (Lipinski definition) is 1. The number of rotatable bonds is 7. The Labute approximate surface area is 231 Å². The fourth-order valence-corrected chi connectivity index (χ4v) is 10.9. The molecule has 5 fully saturated rings. The normalized spacial score (nSPS) is 41.6. The van der Waals surface area contributed by atoms with Gasteiger partial charge < -0.3 is 19.3 Å². The van der Waals surface area contributed by atoms with Crippen molar-refractivity contribution in [3.63, 3.8) is 0 Å². The molecular weight excluding hydrogens is 496 g/mol. The quantitative estimate of drug-likeness (QED) is 0.407. The predicted octanol–water partition coefficient (Wildman–Crippen LogP) is 7.22. The SMILES string of the molecule is CO[C@]12CC[C@@]3(C[C@@H]1COCc1ccccc1Cl)[C@H]1Cc4ccc(O)c5c4[C@@]3(CCC1(C)CC1CC1)[C@H]2O5. The third-order valence-corrected chi connectivity index (χ3v) is 12.7. The third kappa shape index (κ3) is 2.85. The lowest BCUT2D eigenvalue weighted by molar-refractivity contribution is -0.294. The lowest BCUT2D eigenvalue weighted by Gasteiger charge is -2.75. The summed E-state index contributed by atoms with van der Waals surface area (Å²) >= 11 is 6.45. The van der Waals surface area contributed by atoms with Crippen LogP contribution in [0, 0.1) is 28.6 Å². The second kappa shape index (κ2) is 7.92. The van der Waals surface area contributed by atoms with Crippen LogP contribution in [0.2, 0.25) is 5.02 Å². The Hall–Kier alpha value is -1.75. The van der Waals surface area contributed by atoms with Crippen LogP contribution in [0.1, 0.15) is 75.0 Å². The van der Waals surface area contributed by atoms with Gasteiger partial charge in [-0.05, 0) is 90.9 Å². The molecule has 7 atom stereocenters. The lowest BCUT2D eigenvalue weighted by atomic mass is 9.29. The van der Waals surface area contributed by atoms with Crippen LogP contribution in [0.3, 0.4) is 0 Å². The van der Waals surface area contributed by atoms with E-state index in [-0.39, 0.29) is 22.9 Å². The van der Waals surface area contributed by atoms with Gasteiger partial charge in [0.15, 0.2) is 11.5 Å². The van der Waals surface area contributed by atoms with Crippen LogP contribution in [0.25, 0.3) is 0 Å². The smallest absolute Gasteiger partial charge is 0.165 e. The Kier molecular flexibility index (Phi) is 5.02. The van der Waals surface area contributed by atoms with Gasteiger partial charge in [0.1, 0.15) is 11.7 Å². The Morgan fingerprint density at radius 2 is 1.92 bits per heavy atom. The maximum Gasteiger partial charge on any atom is 0.165 e. The highest BCUT2D eigenvalue weighted by molar-refractivity contribution is 6.31. The van der Waals surface area contributed by atoms with Gasteiger partial charge in [-0.2, -0.15) is 0 Å². The van der Waals surface area contributed by atoms with Crippen LogP contribution >= 0.6 is 11.6 Å². The maximum atomic E-state index is 11.0. The average molecular weight is 535 g/mol. The van der Waals surface area contributed by atoms with Crippen molar-refractivity contribution in [1.29, 1.82) is 0 Å². The minimum atomic E-state index is -0.420. The number of aromatic hydroxyl groups is 1. The molecule has 0 saturated heterocycles. The van der Waals surface area contributed by atoms with Gasteiger partial charge in [0.05, 0.1) is 13.2 Å². The van der Waals surface area contributed by atoms with Crippen LogP contribution in [0.15, 0.2) is 36.4 Å². The highest BCUT2D eigenvalue weighted by atomic mass is 35.5. The van der Waals surface area contributed by atoms with Gasteiger partial charge in [0.2, 0.25) is 0 Å². The highest BCUT2D eigenvalue weighted by Crippen LogP contribution is 2.81. The average Bonchev–Trinajstić information content (AvgIpc) is 3.64. The highest BCUT2D eigenvalue weighted by Gasteiger charge is 2.81. The molecule has 5 saturated carbocycles. The van der Waals surface area contributed by atoms with E-state index in [9.17, 15) is 5.11 Å². The lowest BCUT2D eigenvalue weighted by Crippen LogP contribution is -2.79. The Bertz CT molecular complexity index is 1310. The van der Waals surface area contributed by atoms with Crippen molar-refractivity contribution < 1.29 is 19.3 Å². The first-order valence-electron chi connectivity index (χ1n) is 14.8. The van der Waals surface area contributed by atoms with Gasteiger partial charge in [-0.1, -0.05) is 55.6 Å². The molecule has 0 aromatic heterocycles. The van der Waals surface area contributed by atoms with E-state index < -0.39 is 5.60 Å². The van der Waals surface area contributed by atoms with Crippen LogP contribution in [-0.4, -0.2) is 30.5 Å². The van der Waals surface area contributed by atoms with E-state index in [0.717, 1.165) is 47.9 Å². The molecule has 6 aliphatic carbocycles. The number of methoxy groups -OCH3 is 1. The second-order valence-electron chi connectivity index (χ2n) is 13.8. The zero-order valence-electron chi connectivity index (χ0n) is 22.6. The zero-order chi connectivity index (χ0) is 25.9. The van der Waals surface area contributed by atoms with Gasteiger partial charge in [-0.25, -0.2) is 0 Å². The molecule has 5 heteroatoms. The Morgan fingerprint density at radius 3 is 2.71 bits per heavy atom. The zero-order valence-corrected chi connectivity index (χ0v) is 23.4. The largest absolute Gasteiger partial charge is 0.504 e. The van der Waals surface area contributed by atoms with E-state index in [0.29, 0.717) is 30.3 Å². The van der Waals surface area contributed by atoms with Crippen LogP contribution < -0.4 is 4.74 Å². The summed E-state index contributed by atoms with van der Waals surface area (Å²) in [5.74, 6) is 2.83. The van der Waals surface area contributed by atoms with Crippen molar-refractivity contribution in [3.8, 4) is 11.5 Å².